The van der Waals surface area contributed by atoms with Crippen molar-refractivity contribution in [3.05, 3.63) is 40.8 Å². The highest BCUT2D eigenvalue weighted by Crippen LogP contribution is 2.45. The number of ether oxygens (including phenoxy) is 3. The van der Waals surface area contributed by atoms with Crippen molar-refractivity contribution in [3.8, 4) is 17.2 Å². The van der Waals surface area contributed by atoms with E-state index in [9.17, 15) is 9.59 Å². The van der Waals surface area contributed by atoms with Gasteiger partial charge in [0, 0.05) is 17.7 Å². The summed E-state index contributed by atoms with van der Waals surface area (Å²) in [6.07, 6.45) is 0.0584. The minimum atomic E-state index is -0.572. The Morgan fingerprint density at radius 2 is 2.29 bits per heavy atom. The molecule has 0 radical (unpaired) electrons. The first kappa shape index (κ1) is 13.2. The van der Waals surface area contributed by atoms with Crippen LogP contribution in [0.4, 0.5) is 0 Å². The maximum atomic E-state index is 11.3. The molecule has 0 saturated heterocycles. The molecule has 1 aromatic heterocycles. The summed E-state index contributed by atoms with van der Waals surface area (Å²) in [4.78, 5) is 22.1. The third kappa shape index (κ3) is 2.14. The number of carbonyl (C=O) groups excluding carboxylic acids is 1. The number of hydrogen-bond donors (Lipinski definition) is 0. The molecule has 3 rings (SSSR count). The molecule has 1 aliphatic rings. The monoisotopic (exact) mass is 288 g/mol. The molecule has 2 heterocycles. The Labute approximate surface area is 119 Å². The topological polar surface area (TPSA) is 75.0 Å². The van der Waals surface area contributed by atoms with Crippen molar-refractivity contribution >= 4 is 17.3 Å². The third-order valence-corrected chi connectivity index (χ3v) is 3.22. The number of carbonyl (C=O) groups is 1. The zero-order valence-corrected chi connectivity index (χ0v) is 11.3. The molecule has 0 aliphatic carbocycles. The molecule has 21 heavy (non-hydrogen) atoms. The van der Waals surface area contributed by atoms with Crippen molar-refractivity contribution in [1.29, 1.82) is 0 Å². The van der Waals surface area contributed by atoms with E-state index in [1.54, 1.807) is 12.1 Å². The smallest absolute Gasteiger partial charge is 0.336 e. The lowest BCUT2D eigenvalue weighted by atomic mass is 10.1. The van der Waals surface area contributed by atoms with E-state index in [4.69, 9.17) is 18.6 Å². The Kier molecular flexibility index (Phi) is 3.13. The lowest BCUT2D eigenvalue weighted by molar-refractivity contribution is -0.105. The molecule has 6 nitrogen and oxygen atoms in total. The number of fused-ring (bicyclic) bond motifs is 2. The maximum absolute atomic E-state index is 11.3. The van der Waals surface area contributed by atoms with Crippen LogP contribution in [0.1, 0.15) is 0 Å². The zero-order chi connectivity index (χ0) is 15.0. The predicted molar refractivity (Wildman–Crippen MR) is 74.2 cm³/mol. The number of rotatable bonds is 3. The van der Waals surface area contributed by atoms with Crippen molar-refractivity contribution in [3.63, 3.8) is 0 Å². The van der Waals surface area contributed by atoms with Crippen LogP contribution in [0.25, 0.3) is 11.0 Å². The summed E-state index contributed by atoms with van der Waals surface area (Å²) in [5.74, 6) is 1.14. The van der Waals surface area contributed by atoms with E-state index < -0.39 is 11.7 Å². The second-order valence-corrected chi connectivity index (χ2v) is 4.51. The highest BCUT2D eigenvalue weighted by molar-refractivity contribution is 5.89. The fourth-order valence-corrected chi connectivity index (χ4v) is 2.17. The summed E-state index contributed by atoms with van der Waals surface area (Å²) in [5.41, 5.74) is 0.158. The van der Waals surface area contributed by atoms with Gasteiger partial charge >= 0.3 is 5.63 Å². The standard InChI is InChI=1S/C15H12O6/c1-8(6-16)12-7-19-11-5-10-9(3-4-13(17)20-10)14(18-2)15(11)21-12/h3-6,12H,1,7H2,2H3/t12-/m1/s1. The van der Waals surface area contributed by atoms with Gasteiger partial charge in [0.05, 0.1) is 12.5 Å². The maximum Gasteiger partial charge on any atom is 0.336 e. The molecule has 0 amide bonds. The fourth-order valence-electron chi connectivity index (χ4n) is 2.17. The normalized spacial score (nSPS) is 16.5. The third-order valence-electron chi connectivity index (χ3n) is 3.22. The predicted octanol–water partition coefficient (Wildman–Crippen LogP) is 1.70. The molecular weight excluding hydrogens is 276 g/mol. The van der Waals surface area contributed by atoms with Gasteiger partial charge < -0.3 is 18.6 Å². The Balaban J connectivity index is 2.18. The van der Waals surface area contributed by atoms with Crippen molar-refractivity contribution in [1.82, 2.24) is 0 Å². The van der Waals surface area contributed by atoms with Gasteiger partial charge in [-0.15, -0.1) is 0 Å². The van der Waals surface area contributed by atoms with Crippen LogP contribution in [0.2, 0.25) is 0 Å². The van der Waals surface area contributed by atoms with E-state index in [1.807, 2.05) is 0 Å². The van der Waals surface area contributed by atoms with Gasteiger partial charge in [-0.25, -0.2) is 4.79 Å². The van der Waals surface area contributed by atoms with E-state index >= 15 is 0 Å². The molecule has 1 aliphatic heterocycles. The number of methoxy groups -OCH3 is 1. The largest absolute Gasteiger partial charge is 0.492 e. The van der Waals surface area contributed by atoms with Crippen LogP contribution in [0.15, 0.2) is 39.6 Å². The molecule has 6 heteroatoms. The average molecular weight is 288 g/mol. The summed E-state index contributed by atoms with van der Waals surface area (Å²) in [5, 5.41) is 0.580. The van der Waals surface area contributed by atoms with E-state index in [0.29, 0.717) is 34.5 Å². The minimum Gasteiger partial charge on any atom is -0.492 e. The molecule has 2 aromatic rings. The molecule has 0 N–H and O–H groups in total. The van der Waals surface area contributed by atoms with Crippen LogP contribution in [0, 0.1) is 0 Å². The number of aldehydes is 1. The van der Waals surface area contributed by atoms with Gasteiger partial charge in [0.1, 0.15) is 18.5 Å². The molecule has 1 atom stereocenters. The van der Waals surface area contributed by atoms with Crippen LogP contribution in [-0.4, -0.2) is 26.1 Å². The summed E-state index contributed by atoms with van der Waals surface area (Å²) < 4.78 is 21.8. The number of benzene rings is 1. The van der Waals surface area contributed by atoms with Crippen molar-refractivity contribution < 1.29 is 23.4 Å². The van der Waals surface area contributed by atoms with Gasteiger partial charge in [-0.3, -0.25) is 4.79 Å². The Hall–Kier alpha value is -2.76. The fraction of sp³-hybridized carbons (Fsp3) is 0.200. The van der Waals surface area contributed by atoms with E-state index in [-0.39, 0.29) is 12.2 Å². The molecule has 0 bridgehead atoms. The van der Waals surface area contributed by atoms with Gasteiger partial charge in [0.15, 0.2) is 17.6 Å². The molecular formula is C15H12O6. The summed E-state index contributed by atoms with van der Waals surface area (Å²) in [6, 6.07) is 4.44. The van der Waals surface area contributed by atoms with Crippen LogP contribution in [0.3, 0.4) is 0 Å². The Bertz CT molecular complexity index is 789. The molecule has 0 unspecified atom stereocenters. The SMILES string of the molecule is C=C(C=O)[C@H]1COc2cc3oc(=O)ccc3c(OC)c2O1. The lowest BCUT2D eigenvalue weighted by Crippen LogP contribution is -2.31. The Morgan fingerprint density at radius 1 is 1.48 bits per heavy atom. The van der Waals surface area contributed by atoms with Crippen molar-refractivity contribution in [2.24, 2.45) is 0 Å². The van der Waals surface area contributed by atoms with E-state index in [1.165, 1.54) is 13.2 Å². The second-order valence-electron chi connectivity index (χ2n) is 4.51. The van der Waals surface area contributed by atoms with E-state index in [0.717, 1.165) is 0 Å². The first-order chi connectivity index (χ1) is 10.1. The summed E-state index contributed by atoms with van der Waals surface area (Å²) in [6.45, 7) is 3.77. The highest BCUT2D eigenvalue weighted by Gasteiger charge is 2.28. The van der Waals surface area contributed by atoms with Crippen LogP contribution in [-0.2, 0) is 4.79 Å². The van der Waals surface area contributed by atoms with Gasteiger partial charge in [0.2, 0.25) is 5.75 Å². The van der Waals surface area contributed by atoms with Gasteiger partial charge in [0.25, 0.3) is 0 Å². The molecule has 1 aromatic carbocycles. The molecule has 0 saturated carbocycles. The van der Waals surface area contributed by atoms with Gasteiger partial charge in [-0.2, -0.15) is 0 Å². The Morgan fingerprint density at radius 3 is 3.00 bits per heavy atom. The highest BCUT2D eigenvalue weighted by atomic mass is 16.6. The van der Waals surface area contributed by atoms with Crippen molar-refractivity contribution in [2.45, 2.75) is 6.10 Å². The zero-order valence-electron chi connectivity index (χ0n) is 11.3. The van der Waals surface area contributed by atoms with Crippen LogP contribution < -0.4 is 19.8 Å². The van der Waals surface area contributed by atoms with Crippen molar-refractivity contribution in [2.75, 3.05) is 13.7 Å². The number of hydrogen-bond acceptors (Lipinski definition) is 6. The minimum absolute atomic E-state index is 0.149. The van der Waals surface area contributed by atoms with Crippen LogP contribution in [0.5, 0.6) is 17.2 Å². The second kappa shape index (κ2) is 4.97. The average Bonchev–Trinajstić information content (AvgIpc) is 2.51. The van der Waals surface area contributed by atoms with Gasteiger partial charge in [-0.05, 0) is 6.07 Å². The summed E-state index contributed by atoms with van der Waals surface area (Å²) in [7, 11) is 1.47. The first-order valence-corrected chi connectivity index (χ1v) is 6.22. The molecule has 0 fully saturated rings. The van der Waals surface area contributed by atoms with Crippen LogP contribution >= 0.6 is 0 Å². The quantitative estimate of drug-likeness (QED) is 0.486. The van der Waals surface area contributed by atoms with E-state index in [2.05, 4.69) is 6.58 Å². The molecule has 0 spiro atoms. The van der Waals surface area contributed by atoms with Gasteiger partial charge in [-0.1, -0.05) is 6.58 Å². The first-order valence-electron chi connectivity index (χ1n) is 6.22. The summed E-state index contributed by atoms with van der Waals surface area (Å²) >= 11 is 0. The molecule has 108 valence electrons. The lowest BCUT2D eigenvalue weighted by Gasteiger charge is -2.27.